The zero-order valence-corrected chi connectivity index (χ0v) is 26.1. The maximum Gasteiger partial charge on any atom is 0.472 e. The number of hydrogen-bond donors (Lipinski definition) is 3. The van der Waals surface area contributed by atoms with Crippen molar-refractivity contribution >= 4 is 13.7 Å². The summed E-state index contributed by atoms with van der Waals surface area (Å²) in [4.78, 5) is 22.6. The summed E-state index contributed by atoms with van der Waals surface area (Å²) < 4.78 is 23.1. The van der Waals surface area contributed by atoms with E-state index in [4.69, 9.17) is 9.05 Å². The Morgan fingerprint density at radius 3 is 1.92 bits per heavy atom. The van der Waals surface area contributed by atoms with Gasteiger partial charge in [0.15, 0.2) is 0 Å². The molecular formula is C29H60N2O6P+. The lowest BCUT2D eigenvalue weighted by Crippen LogP contribution is -2.45. The summed E-state index contributed by atoms with van der Waals surface area (Å²) in [5.41, 5.74) is 0. The van der Waals surface area contributed by atoms with Crippen LogP contribution in [0.2, 0.25) is 0 Å². The molecule has 0 saturated heterocycles. The van der Waals surface area contributed by atoms with Gasteiger partial charge in [-0.2, -0.15) is 0 Å². The second-order valence-corrected chi connectivity index (χ2v) is 12.9. The van der Waals surface area contributed by atoms with E-state index in [0.29, 0.717) is 17.4 Å². The smallest absolute Gasteiger partial charge is 0.387 e. The van der Waals surface area contributed by atoms with Crippen molar-refractivity contribution in [2.24, 2.45) is 0 Å². The largest absolute Gasteiger partial charge is 0.472 e. The fourth-order valence-corrected chi connectivity index (χ4v) is 4.70. The van der Waals surface area contributed by atoms with E-state index in [1.165, 1.54) is 57.8 Å². The van der Waals surface area contributed by atoms with Gasteiger partial charge < -0.3 is 19.8 Å². The van der Waals surface area contributed by atoms with Gasteiger partial charge in [-0.15, -0.1) is 0 Å². The Morgan fingerprint density at radius 2 is 1.39 bits per heavy atom. The molecule has 226 valence electrons. The van der Waals surface area contributed by atoms with Crippen molar-refractivity contribution in [3.05, 3.63) is 12.2 Å². The van der Waals surface area contributed by atoms with E-state index in [1.807, 2.05) is 27.2 Å². The zero-order chi connectivity index (χ0) is 28.7. The summed E-state index contributed by atoms with van der Waals surface area (Å²) in [7, 11) is 1.56. The third-order valence-electron chi connectivity index (χ3n) is 6.51. The molecule has 0 bridgehead atoms. The van der Waals surface area contributed by atoms with Crippen molar-refractivity contribution in [2.75, 3.05) is 40.9 Å². The molecule has 0 heterocycles. The summed E-state index contributed by atoms with van der Waals surface area (Å²) in [5, 5.41) is 13.4. The van der Waals surface area contributed by atoms with Crippen molar-refractivity contribution < 1.29 is 32.9 Å². The molecule has 3 unspecified atom stereocenters. The quantitative estimate of drug-likeness (QED) is 0.0480. The van der Waals surface area contributed by atoms with Crippen LogP contribution in [0.25, 0.3) is 0 Å². The van der Waals surface area contributed by atoms with Gasteiger partial charge in [0.05, 0.1) is 39.9 Å². The van der Waals surface area contributed by atoms with Crippen LogP contribution < -0.4 is 5.32 Å². The molecule has 0 fully saturated rings. The number of hydrogen-bond acceptors (Lipinski definition) is 5. The molecule has 0 radical (unpaired) electrons. The highest BCUT2D eigenvalue weighted by atomic mass is 31.2. The molecule has 1 amide bonds. The fraction of sp³-hybridized carbons (Fsp3) is 0.897. The minimum Gasteiger partial charge on any atom is -0.387 e. The molecular weight excluding hydrogens is 503 g/mol. The fourth-order valence-electron chi connectivity index (χ4n) is 3.96. The number of carbonyl (C=O) groups is 1. The predicted octanol–water partition coefficient (Wildman–Crippen LogP) is 6.51. The average Bonchev–Trinajstić information content (AvgIpc) is 2.84. The lowest BCUT2D eigenvalue weighted by atomic mass is 10.0. The van der Waals surface area contributed by atoms with Gasteiger partial charge in [0.2, 0.25) is 5.91 Å². The highest BCUT2D eigenvalue weighted by Crippen LogP contribution is 2.43. The Balaban J connectivity index is 4.43. The second-order valence-electron chi connectivity index (χ2n) is 11.5. The van der Waals surface area contributed by atoms with Crippen LogP contribution in [-0.4, -0.2) is 73.4 Å². The molecule has 0 aromatic heterocycles. The van der Waals surface area contributed by atoms with Gasteiger partial charge in [-0.3, -0.25) is 13.8 Å². The van der Waals surface area contributed by atoms with E-state index < -0.39 is 20.0 Å². The molecule has 0 aliphatic heterocycles. The van der Waals surface area contributed by atoms with Crippen molar-refractivity contribution in [3.8, 4) is 0 Å². The maximum absolute atomic E-state index is 12.6. The Hall–Kier alpha value is -0.760. The van der Waals surface area contributed by atoms with Crippen LogP contribution in [0.3, 0.4) is 0 Å². The van der Waals surface area contributed by atoms with E-state index in [2.05, 4.69) is 19.2 Å². The molecule has 0 rings (SSSR count). The lowest BCUT2D eigenvalue weighted by Gasteiger charge is -2.25. The lowest BCUT2D eigenvalue weighted by molar-refractivity contribution is -0.870. The van der Waals surface area contributed by atoms with Crippen LogP contribution in [0, 0.1) is 0 Å². The Bertz CT molecular complexity index is 653. The molecule has 0 spiro atoms. The van der Waals surface area contributed by atoms with E-state index >= 15 is 0 Å². The molecule has 38 heavy (non-hydrogen) atoms. The molecule has 0 saturated carbocycles. The normalized spacial score (nSPS) is 15.4. The number of aliphatic hydroxyl groups excluding tert-OH is 1. The van der Waals surface area contributed by atoms with Crippen LogP contribution in [-0.2, 0) is 18.4 Å². The summed E-state index contributed by atoms with van der Waals surface area (Å²) in [6, 6.07) is -0.833. The van der Waals surface area contributed by atoms with Gasteiger partial charge in [0.1, 0.15) is 13.2 Å². The SMILES string of the molecule is CCCC/C=C/C(O)C(COP(=O)(O)OCC[N+](C)(C)C)NC(=O)CCCCCCCCCCCCCC. The van der Waals surface area contributed by atoms with Crippen molar-refractivity contribution in [3.63, 3.8) is 0 Å². The summed E-state index contributed by atoms with van der Waals surface area (Å²) in [6.07, 6.45) is 20.4. The molecule has 0 aromatic carbocycles. The van der Waals surface area contributed by atoms with E-state index in [0.717, 1.165) is 38.5 Å². The number of allylic oxidation sites excluding steroid dienone is 1. The number of nitrogens with zero attached hydrogens (tertiary/aromatic N) is 1. The zero-order valence-electron chi connectivity index (χ0n) is 25.2. The standard InChI is InChI=1S/C29H59N2O6P/c1-6-8-10-12-13-14-15-16-17-18-19-21-23-29(33)30-27(28(32)22-20-11-9-7-2)26-37-38(34,35)36-25-24-31(3,4)5/h20,22,27-28,32H,6-19,21,23-26H2,1-5H3,(H-,30,33,34,35)/p+1/b22-20+. The number of quaternary nitrogens is 1. The van der Waals surface area contributed by atoms with Crippen molar-refractivity contribution in [1.29, 1.82) is 0 Å². The van der Waals surface area contributed by atoms with E-state index in [-0.39, 0.29) is 19.1 Å². The van der Waals surface area contributed by atoms with Gasteiger partial charge in [0, 0.05) is 6.42 Å². The average molecular weight is 564 g/mol. The first kappa shape index (κ1) is 37.2. The number of unbranched alkanes of at least 4 members (excludes halogenated alkanes) is 13. The third kappa shape index (κ3) is 24.3. The summed E-state index contributed by atoms with van der Waals surface area (Å²) in [5.74, 6) is -0.189. The van der Waals surface area contributed by atoms with Gasteiger partial charge in [-0.1, -0.05) is 109 Å². The molecule has 0 aliphatic rings. The van der Waals surface area contributed by atoms with Crippen LogP contribution >= 0.6 is 7.82 Å². The minimum absolute atomic E-state index is 0.0622. The molecule has 0 aromatic rings. The summed E-state index contributed by atoms with van der Waals surface area (Å²) in [6.45, 7) is 4.62. The Labute approximate surface area is 233 Å². The van der Waals surface area contributed by atoms with Crippen molar-refractivity contribution in [1.82, 2.24) is 5.32 Å². The van der Waals surface area contributed by atoms with Crippen LogP contribution in [0.4, 0.5) is 0 Å². The third-order valence-corrected chi connectivity index (χ3v) is 7.49. The number of aliphatic hydroxyl groups is 1. The van der Waals surface area contributed by atoms with Gasteiger partial charge in [-0.25, -0.2) is 4.57 Å². The number of amides is 1. The van der Waals surface area contributed by atoms with Crippen LogP contribution in [0.15, 0.2) is 12.2 Å². The van der Waals surface area contributed by atoms with Gasteiger partial charge in [0.25, 0.3) is 0 Å². The highest BCUT2D eigenvalue weighted by Gasteiger charge is 2.27. The summed E-state index contributed by atoms with van der Waals surface area (Å²) >= 11 is 0. The topological polar surface area (TPSA) is 105 Å². The Kier molecular flexibility index (Phi) is 22.5. The van der Waals surface area contributed by atoms with Crippen LogP contribution in [0.1, 0.15) is 117 Å². The van der Waals surface area contributed by atoms with E-state index in [9.17, 15) is 19.4 Å². The first-order valence-electron chi connectivity index (χ1n) is 15.1. The second kappa shape index (κ2) is 23.0. The predicted molar refractivity (Wildman–Crippen MR) is 157 cm³/mol. The number of carbonyl (C=O) groups excluding carboxylic acids is 1. The highest BCUT2D eigenvalue weighted by molar-refractivity contribution is 7.47. The van der Waals surface area contributed by atoms with Crippen molar-refractivity contribution in [2.45, 2.75) is 129 Å². The van der Waals surface area contributed by atoms with Gasteiger partial charge >= 0.3 is 7.82 Å². The molecule has 8 nitrogen and oxygen atoms in total. The molecule has 9 heteroatoms. The number of likely N-dealkylation sites (N-methyl/N-ethyl adjacent to an activating group) is 1. The first-order chi connectivity index (χ1) is 18.0. The molecule has 3 atom stereocenters. The maximum atomic E-state index is 12.6. The Morgan fingerprint density at radius 1 is 0.868 bits per heavy atom. The minimum atomic E-state index is -4.30. The molecule has 3 N–H and O–H groups in total. The number of phosphoric ester groups is 1. The van der Waals surface area contributed by atoms with E-state index in [1.54, 1.807) is 6.08 Å². The van der Waals surface area contributed by atoms with Gasteiger partial charge in [-0.05, 0) is 12.8 Å². The number of nitrogens with one attached hydrogen (secondary N) is 1. The van der Waals surface area contributed by atoms with Crippen LogP contribution in [0.5, 0.6) is 0 Å². The number of phosphoric acid groups is 1. The first-order valence-corrected chi connectivity index (χ1v) is 16.6. The monoisotopic (exact) mass is 563 g/mol. The number of rotatable bonds is 26. The molecule has 0 aliphatic carbocycles.